The second-order valence-electron chi connectivity index (χ2n) is 11.6. The molecular weight excluding hydrogens is 521 g/mol. The van der Waals surface area contributed by atoms with Gasteiger partial charge in [0.25, 0.3) is 10.1 Å². The van der Waals surface area contributed by atoms with Gasteiger partial charge >= 0.3 is 6.18 Å². The van der Waals surface area contributed by atoms with Gasteiger partial charge in [-0.3, -0.25) is 4.18 Å². The van der Waals surface area contributed by atoms with Crippen molar-refractivity contribution in [1.29, 1.82) is 0 Å². The third kappa shape index (κ3) is 33.8. The molecule has 0 heterocycles. The molecule has 0 radical (unpaired) electrons. The molecule has 0 aliphatic rings. The van der Waals surface area contributed by atoms with Gasteiger partial charge in [0.05, 0.1) is 12.4 Å². The Bertz CT molecular complexity index is 594. The summed E-state index contributed by atoms with van der Waals surface area (Å²) in [4.78, 5) is 0. The normalized spacial score (nSPS) is 12.4. The smallest absolute Gasteiger partial charge is 0.270 e. The molecule has 0 rings (SSSR count). The second kappa shape index (κ2) is 27.8. The van der Waals surface area contributed by atoms with Crippen molar-refractivity contribution in [2.45, 2.75) is 193 Å². The lowest BCUT2D eigenvalue weighted by Crippen LogP contribution is -2.11. The van der Waals surface area contributed by atoms with E-state index in [9.17, 15) is 21.6 Å². The molecule has 0 saturated heterocycles. The Morgan fingerprint density at radius 2 is 0.769 bits per heavy atom. The molecule has 3 nitrogen and oxygen atoms in total. The van der Waals surface area contributed by atoms with E-state index in [0.717, 1.165) is 57.8 Å². The molecule has 7 heteroatoms. The molecule has 236 valence electrons. The van der Waals surface area contributed by atoms with E-state index in [1.165, 1.54) is 96.3 Å². The van der Waals surface area contributed by atoms with Gasteiger partial charge < -0.3 is 0 Å². The highest BCUT2D eigenvalue weighted by atomic mass is 32.2. The zero-order chi connectivity index (χ0) is 28.9. The van der Waals surface area contributed by atoms with E-state index in [2.05, 4.69) is 6.92 Å². The second-order valence-corrected chi connectivity index (χ2v) is 13.4. The first-order valence-corrected chi connectivity index (χ1v) is 18.3. The fraction of sp³-hybridized carbons (Fsp3) is 1.00. The van der Waals surface area contributed by atoms with Crippen molar-refractivity contribution in [3.05, 3.63) is 0 Å². The fourth-order valence-corrected chi connectivity index (χ4v) is 6.14. The highest BCUT2D eigenvalue weighted by Gasteiger charge is 2.25. The first kappa shape index (κ1) is 38.7. The van der Waals surface area contributed by atoms with Crippen molar-refractivity contribution in [3.8, 4) is 0 Å². The Morgan fingerprint density at radius 3 is 1.13 bits per heavy atom. The summed E-state index contributed by atoms with van der Waals surface area (Å²) >= 11 is 0. The van der Waals surface area contributed by atoms with Crippen molar-refractivity contribution in [2.24, 2.45) is 0 Å². The van der Waals surface area contributed by atoms with E-state index in [1.54, 1.807) is 0 Å². The predicted octanol–water partition coefficient (Wildman–Crippen LogP) is 11.8. The van der Waals surface area contributed by atoms with Gasteiger partial charge in [0.15, 0.2) is 0 Å². The highest BCUT2D eigenvalue weighted by molar-refractivity contribution is 7.86. The van der Waals surface area contributed by atoms with Crippen LogP contribution in [0.5, 0.6) is 0 Å². The Labute approximate surface area is 240 Å². The Hall–Kier alpha value is -0.300. The van der Waals surface area contributed by atoms with Crippen LogP contribution in [-0.4, -0.2) is 27.0 Å². The van der Waals surface area contributed by atoms with Crippen LogP contribution in [0, 0.1) is 0 Å². The van der Waals surface area contributed by atoms with Crippen LogP contribution in [0.1, 0.15) is 187 Å². The van der Waals surface area contributed by atoms with Crippen LogP contribution < -0.4 is 0 Å². The molecule has 0 aromatic carbocycles. The summed E-state index contributed by atoms with van der Waals surface area (Å²) in [5, 5.41) is 0. The Kier molecular flexibility index (Phi) is 27.6. The minimum absolute atomic E-state index is 0.0868. The van der Waals surface area contributed by atoms with Gasteiger partial charge in [0, 0.05) is 6.42 Å². The average molecular weight is 585 g/mol. The molecule has 0 saturated carbocycles. The molecule has 0 spiro atoms. The summed E-state index contributed by atoms with van der Waals surface area (Å²) in [6.45, 7) is 2.57. The van der Waals surface area contributed by atoms with Crippen LogP contribution in [0.4, 0.5) is 13.2 Å². The van der Waals surface area contributed by atoms with Crippen molar-refractivity contribution in [2.75, 3.05) is 12.4 Å². The zero-order valence-electron chi connectivity index (χ0n) is 25.5. The minimum atomic E-state index is -4.03. The first-order valence-electron chi connectivity index (χ1n) is 16.7. The lowest BCUT2D eigenvalue weighted by Gasteiger charge is -2.07. The third-order valence-electron chi connectivity index (χ3n) is 7.62. The van der Waals surface area contributed by atoms with Gasteiger partial charge in [0.2, 0.25) is 0 Å². The maximum absolute atomic E-state index is 12.1. The largest absolute Gasteiger partial charge is 0.389 e. The van der Waals surface area contributed by atoms with Crippen molar-refractivity contribution >= 4 is 10.1 Å². The molecule has 0 bridgehead atoms. The minimum Gasteiger partial charge on any atom is -0.270 e. The maximum Gasteiger partial charge on any atom is 0.389 e. The number of unbranched alkanes of at least 4 members (excludes halogenated alkanes) is 25. The van der Waals surface area contributed by atoms with Gasteiger partial charge in [0.1, 0.15) is 0 Å². The monoisotopic (exact) mass is 584 g/mol. The Morgan fingerprint density at radius 1 is 0.462 bits per heavy atom. The lowest BCUT2D eigenvalue weighted by molar-refractivity contribution is -0.135. The first-order chi connectivity index (χ1) is 18.8. The van der Waals surface area contributed by atoms with Gasteiger partial charge in [-0.25, -0.2) is 0 Å². The predicted molar refractivity (Wildman–Crippen MR) is 161 cm³/mol. The molecule has 0 aliphatic carbocycles. The van der Waals surface area contributed by atoms with Gasteiger partial charge in [-0.2, -0.15) is 21.6 Å². The molecule has 0 fully saturated rings. The molecule has 0 aliphatic heterocycles. The molecule has 39 heavy (non-hydrogen) atoms. The molecule has 0 aromatic heterocycles. The van der Waals surface area contributed by atoms with Crippen molar-refractivity contribution in [1.82, 2.24) is 0 Å². The fourth-order valence-electron chi connectivity index (χ4n) is 5.09. The lowest BCUT2D eigenvalue weighted by atomic mass is 10.0. The van der Waals surface area contributed by atoms with Crippen molar-refractivity contribution in [3.63, 3.8) is 0 Å². The summed E-state index contributed by atoms with van der Waals surface area (Å²) in [5.41, 5.74) is 0. The molecule has 0 atom stereocenters. The van der Waals surface area contributed by atoms with Crippen LogP contribution >= 0.6 is 0 Å². The van der Waals surface area contributed by atoms with Gasteiger partial charge in [-0.1, -0.05) is 161 Å². The zero-order valence-corrected chi connectivity index (χ0v) is 26.3. The number of hydrogen-bond donors (Lipinski definition) is 0. The average Bonchev–Trinajstić information content (AvgIpc) is 2.88. The van der Waals surface area contributed by atoms with Crippen LogP contribution in [0.15, 0.2) is 0 Å². The Balaban J connectivity index is 3.30. The summed E-state index contributed by atoms with van der Waals surface area (Å²) < 4.78 is 65.4. The summed E-state index contributed by atoms with van der Waals surface area (Å²) in [7, 11) is -3.42. The quantitative estimate of drug-likeness (QED) is 0.0601. The van der Waals surface area contributed by atoms with E-state index >= 15 is 0 Å². The summed E-state index contributed by atoms with van der Waals surface area (Å²) in [5.74, 6) is 0.0868. The van der Waals surface area contributed by atoms with E-state index in [1.807, 2.05) is 0 Å². The standard InChI is InChI=1S/C32H63F3O3S/c1-2-3-4-5-6-7-8-9-10-11-12-13-14-15-18-21-24-27-30-38-39(36,37)31-28-25-22-19-16-17-20-23-26-29-32(33,34)35/h2-31H2,1H3. The maximum atomic E-state index is 12.1. The van der Waals surface area contributed by atoms with E-state index < -0.39 is 22.7 Å². The molecule has 0 N–H and O–H groups in total. The summed E-state index contributed by atoms with van der Waals surface area (Å²) in [6.07, 6.45) is 26.0. The van der Waals surface area contributed by atoms with Crippen molar-refractivity contribution < 1.29 is 25.8 Å². The van der Waals surface area contributed by atoms with Crippen LogP contribution in [0.3, 0.4) is 0 Å². The molecular formula is C32H63F3O3S. The van der Waals surface area contributed by atoms with E-state index in [-0.39, 0.29) is 12.2 Å². The molecule has 0 amide bonds. The topological polar surface area (TPSA) is 43.4 Å². The molecule has 0 aromatic rings. The highest BCUT2D eigenvalue weighted by Crippen LogP contribution is 2.23. The SMILES string of the molecule is CCCCCCCCCCCCCCCCCCCCOS(=O)(=O)CCCCCCCCCCCC(F)(F)F. The van der Waals surface area contributed by atoms with Crippen LogP contribution in [0.25, 0.3) is 0 Å². The molecule has 0 unspecified atom stereocenters. The number of alkyl halides is 3. The number of hydrogen-bond acceptors (Lipinski definition) is 3. The summed E-state index contributed by atoms with van der Waals surface area (Å²) in [6, 6.07) is 0. The van der Waals surface area contributed by atoms with E-state index in [4.69, 9.17) is 4.18 Å². The van der Waals surface area contributed by atoms with Crippen LogP contribution in [0.2, 0.25) is 0 Å². The van der Waals surface area contributed by atoms with Gasteiger partial charge in [-0.05, 0) is 19.3 Å². The van der Waals surface area contributed by atoms with Gasteiger partial charge in [-0.15, -0.1) is 0 Å². The third-order valence-corrected chi connectivity index (χ3v) is 8.93. The van der Waals surface area contributed by atoms with Crippen LogP contribution in [-0.2, 0) is 14.3 Å². The number of halogens is 3. The number of rotatable bonds is 31. The van der Waals surface area contributed by atoms with E-state index in [0.29, 0.717) is 19.4 Å².